The van der Waals surface area contributed by atoms with E-state index < -0.39 is 0 Å². The van der Waals surface area contributed by atoms with Crippen LogP contribution < -0.4 is 15.4 Å². The molecule has 0 radical (unpaired) electrons. The van der Waals surface area contributed by atoms with Crippen molar-refractivity contribution in [2.45, 2.75) is 23.8 Å². The minimum atomic E-state index is -0.349. The number of halogens is 1. The Morgan fingerprint density at radius 1 is 1.04 bits per heavy atom. The standard InChI is InChI=1S/C20H23FN4O2S/c1-22-28-18-8-2-14(3-9-18)19(26)25-12-10-17(11-13-25)24-20(27)23-16-6-4-15(21)5-7-16/h2-9,17,22H,10-13H2,1H3,(H2,23,24,27). The molecule has 3 N–H and O–H groups in total. The molecule has 3 amide bonds. The summed E-state index contributed by atoms with van der Waals surface area (Å²) in [7, 11) is 1.85. The smallest absolute Gasteiger partial charge is 0.319 e. The number of likely N-dealkylation sites (tertiary alicyclic amines) is 1. The zero-order valence-electron chi connectivity index (χ0n) is 15.6. The van der Waals surface area contributed by atoms with E-state index in [1.165, 1.54) is 36.2 Å². The fraction of sp³-hybridized carbons (Fsp3) is 0.300. The van der Waals surface area contributed by atoms with E-state index in [0.29, 0.717) is 37.2 Å². The van der Waals surface area contributed by atoms with Crippen LogP contribution in [-0.4, -0.2) is 43.0 Å². The van der Waals surface area contributed by atoms with E-state index >= 15 is 0 Å². The second-order valence-electron chi connectivity index (χ2n) is 6.50. The maximum absolute atomic E-state index is 12.9. The topological polar surface area (TPSA) is 73.5 Å². The van der Waals surface area contributed by atoms with Crippen molar-refractivity contribution < 1.29 is 14.0 Å². The van der Waals surface area contributed by atoms with E-state index in [4.69, 9.17) is 0 Å². The minimum Gasteiger partial charge on any atom is -0.338 e. The number of piperidine rings is 1. The molecule has 1 aliphatic heterocycles. The molecule has 0 unspecified atom stereocenters. The number of amides is 3. The largest absolute Gasteiger partial charge is 0.338 e. The maximum Gasteiger partial charge on any atom is 0.319 e. The lowest BCUT2D eigenvalue weighted by Gasteiger charge is -2.32. The van der Waals surface area contributed by atoms with Gasteiger partial charge in [0.25, 0.3) is 5.91 Å². The predicted octanol–water partition coefficient (Wildman–Crippen LogP) is 3.48. The molecule has 2 aromatic rings. The van der Waals surface area contributed by atoms with Crippen LogP contribution in [0.25, 0.3) is 0 Å². The molecule has 148 valence electrons. The highest BCUT2D eigenvalue weighted by Crippen LogP contribution is 2.18. The summed E-state index contributed by atoms with van der Waals surface area (Å²) in [5.74, 6) is -0.339. The molecule has 1 saturated heterocycles. The first-order valence-corrected chi connectivity index (χ1v) is 9.93. The van der Waals surface area contributed by atoms with Crippen molar-refractivity contribution in [1.82, 2.24) is 14.9 Å². The van der Waals surface area contributed by atoms with Gasteiger partial charge in [-0.1, -0.05) is 0 Å². The third-order valence-corrected chi connectivity index (χ3v) is 5.25. The number of urea groups is 1. The molecule has 1 heterocycles. The molecule has 28 heavy (non-hydrogen) atoms. The van der Waals surface area contributed by atoms with Gasteiger partial charge in [0.05, 0.1) is 0 Å². The minimum absolute atomic E-state index is 0.00102. The number of hydrogen-bond donors (Lipinski definition) is 3. The number of nitrogens with zero attached hydrogens (tertiary/aromatic N) is 1. The molecule has 3 rings (SSSR count). The quantitative estimate of drug-likeness (QED) is 0.670. The number of hydrogen-bond acceptors (Lipinski definition) is 4. The number of anilines is 1. The van der Waals surface area contributed by atoms with E-state index in [0.717, 1.165) is 4.90 Å². The van der Waals surface area contributed by atoms with Crippen molar-refractivity contribution >= 4 is 29.6 Å². The van der Waals surface area contributed by atoms with Crippen LogP contribution in [0.15, 0.2) is 53.4 Å². The summed E-state index contributed by atoms with van der Waals surface area (Å²) in [6.45, 7) is 1.18. The van der Waals surface area contributed by atoms with Crippen molar-refractivity contribution in [2.24, 2.45) is 0 Å². The molecule has 0 saturated carbocycles. The van der Waals surface area contributed by atoms with E-state index in [-0.39, 0.29) is 23.8 Å². The van der Waals surface area contributed by atoms with Crippen LogP contribution in [0.2, 0.25) is 0 Å². The summed E-state index contributed by atoms with van der Waals surface area (Å²) in [6, 6.07) is 12.8. The summed E-state index contributed by atoms with van der Waals surface area (Å²) in [5, 5.41) is 5.60. The number of nitrogens with one attached hydrogen (secondary N) is 3. The van der Waals surface area contributed by atoms with Crippen LogP contribution in [0.3, 0.4) is 0 Å². The number of benzene rings is 2. The summed E-state index contributed by atoms with van der Waals surface area (Å²) in [5.41, 5.74) is 1.20. The molecular weight excluding hydrogens is 379 g/mol. The first-order chi connectivity index (χ1) is 13.5. The molecule has 0 bridgehead atoms. The summed E-state index contributed by atoms with van der Waals surface area (Å²) in [4.78, 5) is 27.6. The first-order valence-electron chi connectivity index (χ1n) is 9.11. The number of carbonyl (C=O) groups is 2. The van der Waals surface area contributed by atoms with Crippen molar-refractivity contribution in [2.75, 3.05) is 25.5 Å². The van der Waals surface area contributed by atoms with Crippen molar-refractivity contribution in [3.8, 4) is 0 Å². The molecule has 0 spiro atoms. The lowest BCUT2D eigenvalue weighted by molar-refractivity contribution is 0.0709. The van der Waals surface area contributed by atoms with Crippen molar-refractivity contribution in [3.05, 3.63) is 59.9 Å². The average molecular weight is 402 g/mol. The molecule has 8 heteroatoms. The van der Waals surface area contributed by atoms with Crippen LogP contribution >= 0.6 is 11.9 Å². The van der Waals surface area contributed by atoms with Gasteiger partial charge in [-0.2, -0.15) is 0 Å². The monoisotopic (exact) mass is 402 g/mol. The molecule has 0 aliphatic carbocycles. The van der Waals surface area contributed by atoms with Gasteiger partial charge in [0.1, 0.15) is 5.82 Å². The molecular formula is C20H23FN4O2S. The number of rotatable bonds is 5. The maximum atomic E-state index is 12.9. The summed E-state index contributed by atoms with van der Waals surface area (Å²) >= 11 is 1.50. The molecule has 6 nitrogen and oxygen atoms in total. The van der Waals surface area contributed by atoms with Gasteiger partial charge < -0.3 is 15.5 Å². The van der Waals surface area contributed by atoms with Crippen LogP contribution in [-0.2, 0) is 0 Å². The second kappa shape index (κ2) is 9.57. The van der Waals surface area contributed by atoms with Gasteiger partial charge in [-0.3, -0.25) is 9.52 Å². The Bertz CT molecular complexity index is 806. The predicted molar refractivity (Wildman–Crippen MR) is 109 cm³/mol. The van der Waals surface area contributed by atoms with Gasteiger partial charge in [-0.05, 0) is 80.4 Å². The van der Waals surface area contributed by atoms with Gasteiger partial charge >= 0.3 is 6.03 Å². The molecule has 0 aromatic heterocycles. The van der Waals surface area contributed by atoms with E-state index in [1.54, 1.807) is 0 Å². The average Bonchev–Trinajstić information content (AvgIpc) is 2.71. The van der Waals surface area contributed by atoms with Gasteiger partial charge in [0.15, 0.2) is 0 Å². The van der Waals surface area contributed by atoms with Crippen LogP contribution in [0.4, 0.5) is 14.9 Å². The Kier molecular flexibility index (Phi) is 6.89. The van der Waals surface area contributed by atoms with E-state index in [2.05, 4.69) is 15.4 Å². The fourth-order valence-corrected chi connectivity index (χ4v) is 3.59. The zero-order chi connectivity index (χ0) is 19.9. The van der Waals surface area contributed by atoms with Crippen LogP contribution in [0.1, 0.15) is 23.2 Å². The zero-order valence-corrected chi connectivity index (χ0v) is 16.4. The highest BCUT2D eigenvalue weighted by atomic mass is 32.2. The van der Waals surface area contributed by atoms with Gasteiger partial charge in [-0.15, -0.1) is 0 Å². The molecule has 2 aromatic carbocycles. The Labute approximate surface area is 168 Å². The lowest BCUT2D eigenvalue weighted by atomic mass is 10.0. The Hall–Kier alpha value is -2.58. The van der Waals surface area contributed by atoms with Gasteiger partial charge in [-0.25, -0.2) is 9.18 Å². The first kappa shape index (κ1) is 20.2. The normalized spacial score (nSPS) is 14.6. The SMILES string of the molecule is CNSc1ccc(C(=O)N2CCC(NC(=O)Nc3ccc(F)cc3)CC2)cc1. The summed E-state index contributed by atoms with van der Waals surface area (Å²) in [6.07, 6.45) is 1.38. The Morgan fingerprint density at radius 2 is 1.68 bits per heavy atom. The van der Waals surface area contributed by atoms with Gasteiger partial charge in [0.2, 0.25) is 0 Å². The van der Waals surface area contributed by atoms with E-state index in [1.807, 2.05) is 36.2 Å². The van der Waals surface area contributed by atoms with Crippen molar-refractivity contribution in [3.63, 3.8) is 0 Å². The van der Waals surface area contributed by atoms with Crippen molar-refractivity contribution in [1.29, 1.82) is 0 Å². The third kappa shape index (κ3) is 5.46. The summed E-state index contributed by atoms with van der Waals surface area (Å²) < 4.78 is 15.9. The fourth-order valence-electron chi connectivity index (χ4n) is 3.08. The molecule has 1 fully saturated rings. The highest BCUT2D eigenvalue weighted by Gasteiger charge is 2.24. The molecule has 1 aliphatic rings. The van der Waals surface area contributed by atoms with Crippen LogP contribution in [0, 0.1) is 5.82 Å². The Balaban J connectivity index is 1.46. The highest BCUT2D eigenvalue weighted by molar-refractivity contribution is 7.97. The van der Waals surface area contributed by atoms with Crippen LogP contribution in [0.5, 0.6) is 0 Å². The number of carbonyl (C=O) groups excluding carboxylic acids is 2. The third-order valence-electron chi connectivity index (χ3n) is 4.54. The lowest BCUT2D eigenvalue weighted by Crippen LogP contribution is -2.47. The van der Waals surface area contributed by atoms with E-state index in [9.17, 15) is 14.0 Å². The second-order valence-corrected chi connectivity index (χ2v) is 7.59. The Morgan fingerprint density at radius 3 is 2.29 bits per heavy atom. The van der Waals surface area contributed by atoms with Gasteiger partial charge in [0, 0.05) is 35.3 Å². The molecule has 0 atom stereocenters.